The van der Waals surface area contributed by atoms with E-state index in [-0.39, 0.29) is 60.5 Å². The topological polar surface area (TPSA) is 43.1 Å². The molecule has 0 fully saturated rings. The Morgan fingerprint density at radius 1 is 0.424 bits per heavy atom. The zero-order valence-electron chi connectivity index (χ0n) is 35.7. The lowest BCUT2D eigenvalue weighted by atomic mass is 9.58. The van der Waals surface area contributed by atoms with Crippen LogP contribution in [0.1, 0.15) is 12.5 Å². The summed E-state index contributed by atoms with van der Waals surface area (Å²) in [4.78, 5) is 15.4. The maximum atomic E-state index is 7.72. The normalized spacial score (nSPS) is 12.2. The average molecular weight is 813 g/mol. The van der Waals surface area contributed by atoms with E-state index < -0.39 is 0 Å². The monoisotopic (exact) mass is 814 g/mol. The molecule has 11 aromatic rings. The largest absolute Gasteiger partial charge is 0.308 e. The van der Waals surface area contributed by atoms with Crippen molar-refractivity contribution in [3.8, 4) is 45.3 Å². The molecule has 4 nitrogen and oxygen atoms in total. The molecule has 66 heavy (non-hydrogen) atoms. The standard InChI is InChI=1S/C52H24B10N4/c1-3-25-27-17-11-12-18-29(27)66-30-20-19-24(21-28(30)26(4-2)49(25)66)31-38(52-64-50(22-13-7-5-8-14-22)63-51(65-52)23-15-9-6-10-16-23)40(54)33-32(39(31)53)34-36(43(57)47(61)45(59)41(34)55)37-35(33)42(56)46(60)48(62)44(37)58/h3-21H,1H2,2H3. The highest BCUT2D eigenvalue weighted by molar-refractivity contribution is 6.74. The third kappa shape index (κ3) is 5.76. The summed E-state index contributed by atoms with van der Waals surface area (Å²) in [6, 6.07) is 33.8. The quantitative estimate of drug-likeness (QED) is 0.190. The SMILES string of the molecule is [B]c1c([B])c([B])c2c(c1[B])c1c([B])c([B])c([B])c([B])c1c1c([B])c(-c3nc(-c4ccccc4)nc(-c4ccccc4)n3)c(-c3ccc4c(c3)c(=CC)c3c(C=C)c5ccccc5n34)c([B])c21. The van der Waals surface area contributed by atoms with E-state index in [0.29, 0.717) is 60.7 Å². The number of hydrogen-bond donors (Lipinski definition) is 0. The fourth-order valence-electron chi connectivity index (χ4n) is 9.97. The van der Waals surface area contributed by atoms with Crippen molar-refractivity contribution in [1.82, 2.24) is 19.4 Å². The van der Waals surface area contributed by atoms with Gasteiger partial charge in [-0.1, -0.05) is 136 Å². The minimum absolute atomic E-state index is 0.0462. The van der Waals surface area contributed by atoms with Gasteiger partial charge in [-0.15, -0.1) is 21.9 Å². The summed E-state index contributed by atoms with van der Waals surface area (Å²) in [5.41, 5.74) is 8.18. The zero-order chi connectivity index (χ0) is 46.0. The van der Waals surface area contributed by atoms with Gasteiger partial charge in [0.2, 0.25) is 0 Å². The molecule has 3 heterocycles. The number of hydrogen-bond acceptors (Lipinski definition) is 3. The van der Waals surface area contributed by atoms with Crippen molar-refractivity contribution < 1.29 is 0 Å². The summed E-state index contributed by atoms with van der Waals surface area (Å²) in [6.45, 7) is 6.24. The van der Waals surface area contributed by atoms with Gasteiger partial charge >= 0.3 is 0 Å². The van der Waals surface area contributed by atoms with Crippen molar-refractivity contribution in [3.05, 3.63) is 120 Å². The molecule has 0 unspecified atom stereocenters. The Morgan fingerprint density at radius 2 is 0.848 bits per heavy atom. The van der Waals surface area contributed by atoms with Gasteiger partial charge in [-0.05, 0) is 68.6 Å². The Balaban J connectivity index is 1.39. The highest BCUT2D eigenvalue weighted by Gasteiger charge is 2.28. The number of nitrogens with zero attached hydrogens (tertiary/aromatic N) is 4. The average Bonchev–Trinajstić information content (AvgIpc) is 3.85. The smallest absolute Gasteiger partial charge is 0.164 e. The van der Waals surface area contributed by atoms with Crippen molar-refractivity contribution in [3.63, 3.8) is 0 Å². The molecule has 0 bridgehead atoms. The predicted octanol–water partition coefficient (Wildman–Crippen LogP) is 0.659. The first-order valence-electron chi connectivity index (χ1n) is 21.1. The summed E-state index contributed by atoms with van der Waals surface area (Å²) in [5.74, 6) is 1.04. The van der Waals surface area contributed by atoms with E-state index in [1.165, 1.54) is 0 Å². The van der Waals surface area contributed by atoms with Crippen LogP contribution in [0.3, 0.4) is 0 Å². The van der Waals surface area contributed by atoms with Crippen molar-refractivity contribution in [2.24, 2.45) is 0 Å². The van der Waals surface area contributed by atoms with Gasteiger partial charge in [0, 0.05) is 38.2 Å². The van der Waals surface area contributed by atoms with Crippen LogP contribution in [0.5, 0.6) is 0 Å². The predicted molar refractivity (Wildman–Crippen MR) is 289 cm³/mol. The van der Waals surface area contributed by atoms with Gasteiger partial charge in [-0.3, -0.25) is 0 Å². The zero-order valence-corrected chi connectivity index (χ0v) is 35.7. The summed E-state index contributed by atoms with van der Waals surface area (Å²) < 4.78 is 2.27. The Labute approximate surface area is 394 Å². The minimum Gasteiger partial charge on any atom is -0.308 e. The fraction of sp³-hybridized carbons (Fsp3) is 0.0192. The molecule has 0 aliphatic heterocycles. The van der Waals surface area contributed by atoms with Crippen LogP contribution in [0.25, 0.3) is 117 Å². The minimum atomic E-state index is 0.0462. The molecule has 20 radical (unpaired) electrons. The third-order valence-electron chi connectivity index (χ3n) is 13.0. The lowest BCUT2D eigenvalue weighted by molar-refractivity contribution is 1.08. The first kappa shape index (κ1) is 41.9. The van der Waals surface area contributed by atoms with E-state index in [4.69, 9.17) is 93.4 Å². The summed E-state index contributed by atoms with van der Waals surface area (Å²) >= 11 is 0. The Morgan fingerprint density at radius 3 is 1.33 bits per heavy atom. The number of para-hydroxylation sites is 1. The van der Waals surface area contributed by atoms with E-state index >= 15 is 0 Å². The van der Waals surface area contributed by atoms with Crippen LogP contribution >= 0.6 is 0 Å². The molecule has 0 saturated carbocycles. The van der Waals surface area contributed by atoms with Crippen LogP contribution in [-0.2, 0) is 0 Å². The van der Waals surface area contributed by atoms with Gasteiger partial charge in [0.05, 0.1) is 16.6 Å². The highest BCUT2D eigenvalue weighted by Crippen LogP contribution is 2.39. The second-order valence-corrected chi connectivity index (χ2v) is 16.4. The first-order valence-corrected chi connectivity index (χ1v) is 21.1. The van der Waals surface area contributed by atoms with Crippen molar-refractivity contribution >= 4 is 205 Å². The Bertz CT molecular complexity index is 3960. The molecule has 11 rings (SSSR count). The van der Waals surface area contributed by atoms with E-state index in [0.717, 1.165) is 49.2 Å². The summed E-state index contributed by atoms with van der Waals surface area (Å²) in [7, 11) is 69.6. The lowest BCUT2D eigenvalue weighted by Gasteiger charge is -2.29. The van der Waals surface area contributed by atoms with Crippen LogP contribution in [-0.4, -0.2) is 97.8 Å². The summed E-state index contributed by atoms with van der Waals surface area (Å²) in [6.07, 6.45) is 4.01. The van der Waals surface area contributed by atoms with Crippen molar-refractivity contribution in [2.45, 2.75) is 6.92 Å². The van der Waals surface area contributed by atoms with Crippen LogP contribution < -0.4 is 59.8 Å². The Kier molecular flexibility index (Phi) is 9.78. The Hall–Kier alpha value is -6.78. The van der Waals surface area contributed by atoms with E-state index in [1.54, 1.807) is 0 Å². The fourth-order valence-corrected chi connectivity index (χ4v) is 9.97. The second kappa shape index (κ2) is 15.4. The molecule has 0 N–H and O–H groups in total. The number of aromatic nitrogens is 4. The van der Waals surface area contributed by atoms with Gasteiger partial charge in [-0.25, -0.2) is 15.0 Å². The van der Waals surface area contributed by atoms with Crippen LogP contribution in [0, 0.1) is 0 Å². The molecular weight excluding hydrogens is 789 g/mol. The molecular formula is C52H24B10N4. The number of rotatable bonds is 5. The maximum absolute atomic E-state index is 7.72. The molecule has 8 aromatic carbocycles. The molecule has 0 aliphatic carbocycles. The van der Waals surface area contributed by atoms with Crippen LogP contribution in [0.4, 0.5) is 0 Å². The molecule has 0 spiro atoms. The lowest BCUT2D eigenvalue weighted by Crippen LogP contribution is -2.51. The highest BCUT2D eigenvalue weighted by atomic mass is 15.0. The molecule has 14 heteroatoms. The van der Waals surface area contributed by atoms with Gasteiger partial charge in [0.25, 0.3) is 0 Å². The van der Waals surface area contributed by atoms with E-state index in [2.05, 4.69) is 41.3 Å². The molecule has 3 aromatic heterocycles. The van der Waals surface area contributed by atoms with Gasteiger partial charge < -0.3 is 4.40 Å². The van der Waals surface area contributed by atoms with Crippen molar-refractivity contribution in [1.29, 1.82) is 0 Å². The van der Waals surface area contributed by atoms with Gasteiger partial charge in [0.1, 0.15) is 78.5 Å². The van der Waals surface area contributed by atoms with Gasteiger partial charge in [0.15, 0.2) is 17.5 Å². The molecule has 0 atom stereocenters. The number of fused-ring (bicyclic) bond motifs is 11. The maximum Gasteiger partial charge on any atom is 0.164 e. The number of benzene rings is 8. The summed E-state index contributed by atoms with van der Waals surface area (Å²) in [5, 5.41) is 5.17. The van der Waals surface area contributed by atoms with Crippen LogP contribution in [0.15, 0.2) is 110 Å². The molecule has 282 valence electrons. The van der Waals surface area contributed by atoms with Gasteiger partial charge in [-0.2, -0.15) is 0 Å². The first-order chi connectivity index (χ1) is 31.9. The molecule has 0 amide bonds. The third-order valence-corrected chi connectivity index (χ3v) is 13.0. The second-order valence-electron chi connectivity index (χ2n) is 16.4. The molecule has 0 saturated heterocycles. The molecule has 0 aliphatic rings. The van der Waals surface area contributed by atoms with E-state index in [9.17, 15) is 0 Å². The van der Waals surface area contributed by atoms with E-state index in [1.807, 2.05) is 91.9 Å². The van der Waals surface area contributed by atoms with Crippen LogP contribution in [0.2, 0.25) is 0 Å². The van der Waals surface area contributed by atoms with Crippen molar-refractivity contribution in [2.75, 3.05) is 0 Å².